The molecule has 0 fully saturated rings. The highest BCUT2D eigenvalue weighted by Gasteiger charge is 2.24. The maximum Gasteiger partial charge on any atom is 0.276 e. The van der Waals surface area contributed by atoms with Gasteiger partial charge in [0.2, 0.25) is 10.0 Å². The van der Waals surface area contributed by atoms with E-state index in [9.17, 15) is 13.2 Å². The highest BCUT2D eigenvalue weighted by molar-refractivity contribution is 7.89. The van der Waals surface area contributed by atoms with Gasteiger partial charge in [-0.2, -0.15) is 9.40 Å². The van der Waals surface area contributed by atoms with E-state index in [2.05, 4.69) is 24.3 Å². The van der Waals surface area contributed by atoms with Crippen molar-refractivity contribution in [3.8, 4) is 0 Å². The second-order valence-electron chi connectivity index (χ2n) is 8.26. The Morgan fingerprint density at radius 1 is 1.14 bits per heavy atom. The molecule has 0 spiro atoms. The number of hydrogen-bond donors (Lipinski definition) is 1. The van der Waals surface area contributed by atoms with E-state index >= 15 is 0 Å². The Balaban J connectivity index is 2.24. The van der Waals surface area contributed by atoms with Crippen LogP contribution in [0.4, 0.5) is 5.69 Å². The van der Waals surface area contributed by atoms with Crippen LogP contribution in [0.25, 0.3) is 0 Å². The lowest BCUT2D eigenvalue weighted by atomic mass is 10.1. The number of carbonyl (C=O) groups excluding carboxylic acids is 1. The van der Waals surface area contributed by atoms with E-state index in [0.717, 1.165) is 5.69 Å². The van der Waals surface area contributed by atoms with Gasteiger partial charge in [0.15, 0.2) is 5.69 Å². The van der Waals surface area contributed by atoms with Crippen LogP contribution in [-0.4, -0.2) is 41.5 Å². The van der Waals surface area contributed by atoms with Crippen LogP contribution >= 0.6 is 0 Å². The number of hydrogen-bond acceptors (Lipinski definition) is 4. The van der Waals surface area contributed by atoms with Crippen LogP contribution in [0.3, 0.4) is 0 Å². The lowest BCUT2D eigenvalue weighted by Gasteiger charge is -2.23. The molecule has 0 atom stereocenters. The first-order chi connectivity index (χ1) is 13.4. The zero-order valence-electron chi connectivity index (χ0n) is 18.4. The molecule has 0 bridgehead atoms. The molecule has 0 aliphatic rings. The monoisotopic (exact) mass is 420 g/mol. The molecule has 1 aromatic carbocycles. The van der Waals surface area contributed by atoms with E-state index in [0.29, 0.717) is 24.5 Å². The second-order valence-corrected chi connectivity index (χ2v) is 10.2. The van der Waals surface area contributed by atoms with Gasteiger partial charge in [-0.25, -0.2) is 8.42 Å². The average molecular weight is 421 g/mol. The van der Waals surface area contributed by atoms with Crippen LogP contribution in [0.5, 0.6) is 0 Å². The summed E-state index contributed by atoms with van der Waals surface area (Å²) < 4.78 is 28.4. The van der Waals surface area contributed by atoms with E-state index in [1.807, 2.05) is 31.5 Å². The number of rotatable bonds is 7. The molecule has 0 radical (unpaired) electrons. The van der Waals surface area contributed by atoms with Gasteiger partial charge < -0.3 is 5.32 Å². The first-order valence-corrected chi connectivity index (χ1v) is 11.4. The van der Waals surface area contributed by atoms with Crippen LogP contribution in [0, 0.1) is 0 Å². The minimum absolute atomic E-state index is 0.207. The Bertz CT molecular complexity index is 951. The fourth-order valence-corrected chi connectivity index (χ4v) is 4.53. The molecule has 29 heavy (non-hydrogen) atoms. The third kappa shape index (κ3) is 5.05. The quantitative estimate of drug-likeness (QED) is 0.732. The molecule has 160 valence electrons. The van der Waals surface area contributed by atoms with E-state index < -0.39 is 10.0 Å². The van der Waals surface area contributed by atoms with Gasteiger partial charge in [-0.05, 0) is 57.0 Å². The fraction of sp³-hybridized carbons (Fsp3) is 0.524. The van der Waals surface area contributed by atoms with Crippen molar-refractivity contribution in [2.24, 2.45) is 0 Å². The third-order valence-corrected chi connectivity index (χ3v) is 6.72. The van der Waals surface area contributed by atoms with Gasteiger partial charge in [0.05, 0.1) is 10.4 Å². The number of carbonyl (C=O) groups is 1. The summed E-state index contributed by atoms with van der Waals surface area (Å²) in [6, 6.07) is 8.02. The number of nitrogens with one attached hydrogen (secondary N) is 1. The molecule has 0 aliphatic carbocycles. The maximum absolute atomic E-state index is 12.7. The van der Waals surface area contributed by atoms with Gasteiger partial charge in [-0.3, -0.25) is 9.48 Å². The van der Waals surface area contributed by atoms with Crippen LogP contribution in [-0.2, 0) is 15.6 Å². The third-order valence-electron chi connectivity index (χ3n) is 4.65. The highest BCUT2D eigenvalue weighted by Crippen LogP contribution is 2.24. The molecule has 0 saturated carbocycles. The molecule has 1 amide bonds. The summed E-state index contributed by atoms with van der Waals surface area (Å²) in [6.07, 6.45) is 0. The van der Waals surface area contributed by atoms with Crippen molar-refractivity contribution in [3.63, 3.8) is 0 Å². The van der Waals surface area contributed by atoms with Crippen LogP contribution in [0.15, 0.2) is 35.2 Å². The summed E-state index contributed by atoms with van der Waals surface area (Å²) in [7, 11) is -3.52. The SMILES string of the molecule is CCN(CC)S(=O)(=O)c1ccc(NC(=O)c2cc(C(C)C)n(C(C)(C)C)n2)cc1. The topological polar surface area (TPSA) is 84.3 Å². The van der Waals surface area contributed by atoms with Gasteiger partial charge in [-0.15, -0.1) is 0 Å². The van der Waals surface area contributed by atoms with Crippen molar-refractivity contribution >= 4 is 21.6 Å². The van der Waals surface area contributed by atoms with Crippen molar-refractivity contribution in [2.75, 3.05) is 18.4 Å². The number of nitrogens with zero attached hydrogens (tertiary/aromatic N) is 3. The lowest BCUT2D eigenvalue weighted by Crippen LogP contribution is -2.30. The standard InChI is InChI=1S/C21H32N4O3S/c1-8-24(9-2)29(27,28)17-12-10-16(11-13-17)22-20(26)18-14-19(15(3)4)25(23-18)21(5,6)7/h10-15H,8-9H2,1-7H3,(H,22,26). The molecule has 2 aromatic rings. The Morgan fingerprint density at radius 3 is 2.10 bits per heavy atom. The Labute approximate surface area is 174 Å². The highest BCUT2D eigenvalue weighted by atomic mass is 32.2. The van der Waals surface area contributed by atoms with Crippen molar-refractivity contribution < 1.29 is 13.2 Å². The zero-order valence-corrected chi connectivity index (χ0v) is 19.2. The van der Waals surface area contributed by atoms with Gasteiger partial charge in [-0.1, -0.05) is 27.7 Å². The van der Waals surface area contributed by atoms with E-state index in [1.165, 1.54) is 16.4 Å². The summed E-state index contributed by atoms with van der Waals surface area (Å²) in [6.45, 7) is 14.7. The van der Waals surface area contributed by atoms with Crippen LogP contribution in [0.2, 0.25) is 0 Å². The number of benzene rings is 1. The molecule has 0 aliphatic heterocycles. The average Bonchev–Trinajstić information content (AvgIpc) is 3.09. The van der Waals surface area contributed by atoms with Crippen molar-refractivity contribution in [1.29, 1.82) is 0 Å². The summed E-state index contributed by atoms with van der Waals surface area (Å²) in [4.78, 5) is 12.9. The number of aromatic nitrogens is 2. The first-order valence-electron chi connectivity index (χ1n) is 9.93. The van der Waals surface area contributed by atoms with E-state index in [-0.39, 0.29) is 22.3 Å². The van der Waals surface area contributed by atoms with Crippen molar-refractivity contribution in [2.45, 2.75) is 64.8 Å². The molecule has 8 heteroatoms. The minimum atomic E-state index is -3.52. The van der Waals surface area contributed by atoms with Gasteiger partial charge >= 0.3 is 0 Å². The lowest BCUT2D eigenvalue weighted by molar-refractivity contribution is 0.102. The number of anilines is 1. The van der Waals surface area contributed by atoms with Gasteiger partial charge in [0, 0.05) is 24.5 Å². The Morgan fingerprint density at radius 2 is 1.69 bits per heavy atom. The van der Waals surface area contributed by atoms with E-state index in [4.69, 9.17) is 0 Å². The molecule has 2 rings (SSSR count). The predicted molar refractivity (Wildman–Crippen MR) is 116 cm³/mol. The van der Waals surface area contributed by atoms with Gasteiger partial charge in [0.25, 0.3) is 5.91 Å². The summed E-state index contributed by atoms with van der Waals surface area (Å²) >= 11 is 0. The molecule has 0 saturated heterocycles. The normalized spacial score (nSPS) is 12.6. The molecular formula is C21H32N4O3S. The Kier molecular flexibility index (Phi) is 6.90. The second kappa shape index (κ2) is 8.67. The molecule has 7 nitrogen and oxygen atoms in total. The molecule has 1 N–H and O–H groups in total. The van der Waals surface area contributed by atoms with E-state index in [1.54, 1.807) is 26.0 Å². The first kappa shape index (κ1) is 23.1. The summed E-state index contributed by atoms with van der Waals surface area (Å²) in [5, 5.41) is 7.30. The Hall–Kier alpha value is -2.19. The van der Waals surface area contributed by atoms with Crippen molar-refractivity contribution in [3.05, 3.63) is 41.7 Å². The maximum atomic E-state index is 12.7. The molecule has 0 unspecified atom stereocenters. The number of amides is 1. The van der Waals surface area contributed by atoms with Crippen LogP contribution in [0.1, 0.15) is 70.6 Å². The van der Waals surface area contributed by atoms with Crippen molar-refractivity contribution in [1.82, 2.24) is 14.1 Å². The van der Waals surface area contributed by atoms with Gasteiger partial charge in [0.1, 0.15) is 0 Å². The summed E-state index contributed by atoms with van der Waals surface area (Å²) in [5.41, 5.74) is 1.61. The molecule has 1 aromatic heterocycles. The number of sulfonamides is 1. The predicted octanol–water partition coefficient (Wildman–Crippen LogP) is 4.04. The summed E-state index contributed by atoms with van der Waals surface area (Å²) in [5.74, 6) is -0.0953. The minimum Gasteiger partial charge on any atom is -0.321 e. The van der Waals surface area contributed by atoms with Crippen LogP contribution < -0.4 is 5.32 Å². The molecule has 1 heterocycles. The fourth-order valence-electron chi connectivity index (χ4n) is 3.07. The largest absolute Gasteiger partial charge is 0.321 e. The zero-order chi connectivity index (χ0) is 22.0. The molecular weight excluding hydrogens is 388 g/mol. The smallest absolute Gasteiger partial charge is 0.276 e.